The summed E-state index contributed by atoms with van der Waals surface area (Å²) in [5, 5.41) is 12.0. The number of aryl methyl sites for hydroxylation is 1. The molecular formula is C18H21Cl3N4O. The Morgan fingerprint density at radius 3 is 2.58 bits per heavy atom. The summed E-state index contributed by atoms with van der Waals surface area (Å²) in [7, 11) is 1.89. The van der Waals surface area contributed by atoms with Crippen molar-refractivity contribution in [2.24, 2.45) is 13.0 Å². The molecule has 1 amide bonds. The molecule has 0 bridgehead atoms. The molecule has 1 aliphatic carbocycles. The standard InChI is InChI=1S/C18H20Cl2N4O.ClH/c1-24-10-11(7-22-24)12-8-21-9-13(12)17(25)23-18(5-6-18)16-14(19)3-2-4-15(16)20;/h2-4,7,10,12-13,21H,5-6,8-9H2,1H3,(H,23,25);1H/t12-,13+;/m1./s1. The molecule has 2 heterocycles. The summed E-state index contributed by atoms with van der Waals surface area (Å²) in [6.07, 6.45) is 5.55. The lowest BCUT2D eigenvalue weighted by Gasteiger charge is -2.24. The van der Waals surface area contributed by atoms with Crippen LogP contribution in [0.4, 0.5) is 0 Å². The predicted molar refractivity (Wildman–Crippen MR) is 105 cm³/mol. The van der Waals surface area contributed by atoms with Crippen LogP contribution in [0, 0.1) is 5.92 Å². The van der Waals surface area contributed by atoms with Gasteiger partial charge >= 0.3 is 0 Å². The maximum Gasteiger partial charge on any atom is 0.225 e. The number of nitrogens with one attached hydrogen (secondary N) is 2. The van der Waals surface area contributed by atoms with Gasteiger partial charge in [-0.1, -0.05) is 29.3 Å². The number of halogens is 3. The van der Waals surface area contributed by atoms with Crippen LogP contribution in [0.3, 0.4) is 0 Å². The lowest BCUT2D eigenvalue weighted by Crippen LogP contribution is -2.41. The molecule has 5 nitrogen and oxygen atoms in total. The zero-order valence-corrected chi connectivity index (χ0v) is 16.7. The monoisotopic (exact) mass is 414 g/mol. The van der Waals surface area contributed by atoms with Crippen molar-refractivity contribution in [2.45, 2.75) is 24.3 Å². The highest BCUT2D eigenvalue weighted by molar-refractivity contribution is 6.36. The molecule has 4 rings (SSSR count). The quantitative estimate of drug-likeness (QED) is 0.806. The van der Waals surface area contributed by atoms with E-state index in [-0.39, 0.29) is 30.2 Å². The third-order valence-electron chi connectivity index (χ3n) is 5.26. The van der Waals surface area contributed by atoms with E-state index in [2.05, 4.69) is 15.7 Å². The molecule has 1 aliphatic heterocycles. The van der Waals surface area contributed by atoms with Gasteiger partial charge in [0.25, 0.3) is 0 Å². The molecule has 2 aliphatic rings. The van der Waals surface area contributed by atoms with Gasteiger partial charge in [-0.3, -0.25) is 9.48 Å². The van der Waals surface area contributed by atoms with Gasteiger partial charge in [-0.05, 0) is 30.5 Å². The van der Waals surface area contributed by atoms with Crippen molar-refractivity contribution in [3.05, 3.63) is 51.8 Å². The number of aromatic nitrogens is 2. The Bertz CT molecular complexity index is 798. The number of hydrogen-bond acceptors (Lipinski definition) is 3. The Morgan fingerprint density at radius 1 is 1.31 bits per heavy atom. The summed E-state index contributed by atoms with van der Waals surface area (Å²) in [6.45, 7) is 1.45. The van der Waals surface area contributed by atoms with Crippen molar-refractivity contribution < 1.29 is 4.79 Å². The number of carbonyl (C=O) groups excluding carboxylic acids is 1. The highest BCUT2D eigenvalue weighted by atomic mass is 35.5. The van der Waals surface area contributed by atoms with E-state index in [1.54, 1.807) is 4.68 Å². The Labute approximate surface area is 168 Å². The molecule has 26 heavy (non-hydrogen) atoms. The van der Waals surface area contributed by atoms with Gasteiger partial charge < -0.3 is 10.6 Å². The third-order valence-corrected chi connectivity index (χ3v) is 5.89. The van der Waals surface area contributed by atoms with Gasteiger partial charge in [-0.2, -0.15) is 5.10 Å². The van der Waals surface area contributed by atoms with Crippen LogP contribution >= 0.6 is 35.6 Å². The van der Waals surface area contributed by atoms with Gasteiger partial charge in [0.15, 0.2) is 0 Å². The number of amides is 1. The second-order valence-corrected chi connectivity index (χ2v) is 7.80. The molecule has 2 N–H and O–H groups in total. The van der Waals surface area contributed by atoms with Crippen molar-refractivity contribution in [3.8, 4) is 0 Å². The molecule has 2 atom stereocenters. The summed E-state index contributed by atoms with van der Waals surface area (Å²) < 4.78 is 1.77. The summed E-state index contributed by atoms with van der Waals surface area (Å²) in [4.78, 5) is 13.0. The zero-order chi connectivity index (χ0) is 17.6. The van der Waals surface area contributed by atoms with Crippen molar-refractivity contribution in [2.75, 3.05) is 13.1 Å². The SMILES string of the molecule is Cl.Cn1cc([C@H]2CNC[C@@H]2C(=O)NC2(c3c(Cl)cccc3Cl)CC2)cn1. The van der Waals surface area contributed by atoms with Crippen molar-refractivity contribution in [1.29, 1.82) is 0 Å². The van der Waals surface area contributed by atoms with E-state index in [1.807, 2.05) is 37.6 Å². The molecular weight excluding hydrogens is 395 g/mol. The van der Waals surface area contributed by atoms with Gasteiger partial charge in [0.05, 0.1) is 17.7 Å². The lowest BCUT2D eigenvalue weighted by molar-refractivity contribution is -0.125. The molecule has 8 heteroatoms. The fourth-order valence-electron chi connectivity index (χ4n) is 3.78. The number of carbonyl (C=O) groups is 1. The molecule has 2 aromatic rings. The topological polar surface area (TPSA) is 59.0 Å². The highest BCUT2D eigenvalue weighted by Gasteiger charge is 2.50. The smallest absolute Gasteiger partial charge is 0.225 e. The average Bonchev–Trinajstić information content (AvgIpc) is 2.98. The van der Waals surface area contributed by atoms with Gasteiger partial charge in [0.1, 0.15) is 0 Å². The Balaban J connectivity index is 0.00000196. The van der Waals surface area contributed by atoms with Crippen molar-refractivity contribution >= 4 is 41.5 Å². The van der Waals surface area contributed by atoms with Crippen LogP contribution < -0.4 is 10.6 Å². The van der Waals surface area contributed by atoms with E-state index in [1.165, 1.54) is 0 Å². The highest BCUT2D eigenvalue weighted by Crippen LogP contribution is 2.51. The van der Waals surface area contributed by atoms with E-state index >= 15 is 0 Å². The van der Waals surface area contributed by atoms with Crippen LogP contribution in [-0.4, -0.2) is 28.8 Å². The van der Waals surface area contributed by atoms with Crippen molar-refractivity contribution in [3.63, 3.8) is 0 Å². The lowest BCUT2D eigenvalue weighted by atomic mass is 9.89. The van der Waals surface area contributed by atoms with E-state index in [0.29, 0.717) is 16.6 Å². The fraction of sp³-hybridized carbons (Fsp3) is 0.444. The van der Waals surface area contributed by atoms with Crippen LogP contribution in [0.15, 0.2) is 30.6 Å². The van der Waals surface area contributed by atoms with Gasteiger partial charge in [-0.25, -0.2) is 0 Å². The summed E-state index contributed by atoms with van der Waals surface area (Å²) in [5.41, 5.74) is 1.51. The van der Waals surface area contributed by atoms with Crippen LogP contribution in [0.5, 0.6) is 0 Å². The normalized spacial score (nSPS) is 23.3. The number of rotatable bonds is 4. The molecule has 1 aromatic heterocycles. The molecule has 1 aromatic carbocycles. The maximum absolute atomic E-state index is 13.0. The van der Waals surface area contributed by atoms with Gasteiger partial charge in [0, 0.05) is 47.9 Å². The second-order valence-electron chi connectivity index (χ2n) is 6.99. The first-order chi connectivity index (χ1) is 12.0. The maximum atomic E-state index is 13.0. The van der Waals surface area contributed by atoms with Crippen LogP contribution in [0.1, 0.15) is 29.9 Å². The van der Waals surface area contributed by atoms with E-state index in [9.17, 15) is 4.79 Å². The van der Waals surface area contributed by atoms with Crippen LogP contribution in [0.2, 0.25) is 10.0 Å². The minimum Gasteiger partial charge on any atom is -0.346 e. The van der Waals surface area contributed by atoms with Crippen LogP contribution in [0.25, 0.3) is 0 Å². The Hall–Kier alpha value is -1.27. The van der Waals surface area contributed by atoms with Gasteiger partial charge in [-0.15, -0.1) is 12.4 Å². The van der Waals surface area contributed by atoms with E-state index in [0.717, 1.165) is 30.5 Å². The molecule has 1 saturated heterocycles. The average molecular weight is 416 g/mol. The number of hydrogen-bond donors (Lipinski definition) is 2. The fourth-order valence-corrected chi connectivity index (χ4v) is 4.54. The number of nitrogens with zero attached hydrogens (tertiary/aromatic N) is 2. The first-order valence-electron chi connectivity index (χ1n) is 8.46. The molecule has 140 valence electrons. The van der Waals surface area contributed by atoms with E-state index < -0.39 is 5.54 Å². The van der Waals surface area contributed by atoms with Gasteiger partial charge in [0.2, 0.25) is 5.91 Å². The zero-order valence-electron chi connectivity index (χ0n) is 14.3. The summed E-state index contributed by atoms with van der Waals surface area (Å²) in [6, 6.07) is 5.47. The predicted octanol–water partition coefficient (Wildman–Crippen LogP) is 3.26. The first-order valence-corrected chi connectivity index (χ1v) is 9.21. The summed E-state index contributed by atoms with van der Waals surface area (Å²) in [5.74, 6) is 0.0569. The minimum atomic E-state index is -0.422. The Kier molecular flexibility index (Phi) is 5.54. The summed E-state index contributed by atoms with van der Waals surface area (Å²) >= 11 is 12.7. The van der Waals surface area contributed by atoms with Crippen LogP contribution in [-0.2, 0) is 17.4 Å². The molecule has 0 spiro atoms. The molecule has 1 saturated carbocycles. The Morgan fingerprint density at radius 2 is 2.00 bits per heavy atom. The minimum absolute atomic E-state index is 0. The number of benzene rings is 1. The van der Waals surface area contributed by atoms with Crippen molar-refractivity contribution in [1.82, 2.24) is 20.4 Å². The van der Waals surface area contributed by atoms with E-state index in [4.69, 9.17) is 23.2 Å². The first kappa shape index (κ1) is 19.5. The third kappa shape index (κ3) is 3.46. The molecule has 0 radical (unpaired) electrons. The molecule has 2 fully saturated rings. The second kappa shape index (κ2) is 7.39. The molecule has 0 unspecified atom stereocenters. The largest absolute Gasteiger partial charge is 0.346 e.